The third-order valence-electron chi connectivity index (χ3n) is 3.12. The van der Waals surface area contributed by atoms with E-state index in [9.17, 15) is 4.79 Å². The lowest BCUT2D eigenvalue weighted by Gasteiger charge is -2.02. The number of nitrogens with zero attached hydrogens (tertiary/aromatic N) is 1. The van der Waals surface area contributed by atoms with Gasteiger partial charge in [0.1, 0.15) is 12.2 Å². The van der Waals surface area contributed by atoms with Crippen molar-refractivity contribution in [1.82, 2.24) is 4.98 Å². The highest BCUT2D eigenvalue weighted by Crippen LogP contribution is 2.25. The van der Waals surface area contributed by atoms with Crippen molar-refractivity contribution in [2.75, 3.05) is 0 Å². The van der Waals surface area contributed by atoms with Gasteiger partial charge < -0.3 is 9.15 Å². The predicted molar refractivity (Wildman–Crippen MR) is 74.3 cm³/mol. The van der Waals surface area contributed by atoms with E-state index in [1.54, 1.807) is 18.5 Å². The van der Waals surface area contributed by atoms with E-state index in [1.807, 2.05) is 37.3 Å². The van der Waals surface area contributed by atoms with Gasteiger partial charge in [-0.05, 0) is 19.1 Å². The highest BCUT2D eigenvalue weighted by Gasteiger charge is 2.18. The third-order valence-corrected chi connectivity index (χ3v) is 3.12. The first kappa shape index (κ1) is 12.4. The molecule has 3 aromatic rings. The summed E-state index contributed by atoms with van der Waals surface area (Å²) in [5, 5.41) is 0.931. The zero-order valence-corrected chi connectivity index (χ0v) is 11.0. The topological polar surface area (TPSA) is 52.3 Å². The van der Waals surface area contributed by atoms with E-state index >= 15 is 0 Å². The number of fused-ring (bicyclic) bond motifs is 1. The Bertz CT molecular complexity index is 747. The van der Waals surface area contributed by atoms with Crippen LogP contribution >= 0.6 is 0 Å². The number of aromatic nitrogens is 1. The van der Waals surface area contributed by atoms with Crippen molar-refractivity contribution in [2.45, 2.75) is 13.5 Å². The molecule has 20 heavy (non-hydrogen) atoms. The Morgan fingerprint density at radius 3 is 2.85 bits per heavy atom. The molecular weight excluding hydrogens is 254 g/mol. The molecule has 0 unspecified atom stereocenters. The van der Waals surface area contributed by atoms with Crippen LogP contribution < -0.4 is 0 Å². The molecule has 0 spiro atoms. The number of carbonyl (C=O) groups is 1. The molecule has 0 aliphatic rings. The minimum atomic E-state index is -0.456. The van der Waals surface area contributed by atoms with Crippen LogP contribution in [0.1, 0.15) is 21.7 Å². The molecule has 0 aliphatic heterocycles. The van der Waals surface area contributed by atoms with Gasteiger partial charge in [0.2, 0.25) is 5.76 Å². The van der Waals surface area contributed by atoms with Crippen molar-refractivity contribution in [2.24, 2.45) is 0 Å². The van der Waals surface area contributed by atoms with Gasteiger partial charge in [0.25, 0.3) is 0 Å². The number of hydrogen-bond acceptors (Lipinski definition) is 4. The molecular formula is C16H13NO3. The number of para-hydroxylation sites is 1. The van der Waals surface area contributed by atoms with Crippen molar-refractivity contribution in [3.63, 3.8) is 0 Å². The summed E-state index contributed by atoms with van der Waals surface area (Å²) in [6.07, 6.45) is 3.34. The van der Waals surface area contributed by atoms with Crippen molar-refractivity contribution >= 4 is 16.9 Å². The third kappa shape index (κ3) is 2.28. The average Bonchev–Trinajstić information content (AvgIpc) is 2.84. The molecule has 0 amide bonds. The molecule has 4 nitrogen and oxygen atoms in total. The number of aryl methyl sites for hydroxylation is 1. The maximum Gasteiger partial charge on any atom is 0.374 e. The number of hydrogen-bond donors (Lipinski definition) is 0. The number of ether oxygens (including phenoxy) is 1. The standard InChI is InChI=1S/C16H13NO3/c1-11-13-6-2-3-7-14(13)20-15(11)16(18)19-10-12-5-4-8-17-9-12/h2-9H,10H2,1H3. The van der Waals surface area contributed by atoms with Gasteiger partial charge in [-0.3, -0.25) is 4.98 Å². The normalized spacial score (nSPS) is 10.7. The number of furan rings is 1. The average molecular weight is 267 g/mol. The minimum Gasteiger partial charge on any atom is -0.455 e. The maximum absolute atomic E-state index is 12.1. The summed E-state index contributed by atoms with van der Waals surface area (Å²) < 4.78 is 10.8. The summed E-state index contributed by atoms with van der Waals surface area (Å²) >= 11 is 0. The lowest BCUT2D eigenvalue weighted by molar-refractivity contribution is 0.0437. The molecule has 2 heterocycles. The van der Waals surface area contributed by atoms with Gasteiger partial charge in [0.15, 0.2) is 0 Å². The zero-order valence-electron chi connectivity index (χ0n) is 11.0. The van der Waals surface area contributed by atoms with Crippen LogP contribution in [0.25, 0.3) is 11.0 Å². The fraction of sp³-hybridized carbons (Fsp3) is 0.125. The van der Waals surface area contributed by atoms with Crippen molar-refractivity contribution in [3.05, 3.63) is 65.7 Å². The summed E-state index contributed by atoms with van der Waals surface area (Å²) in [6, 6.07) is 11.2. The fourth-order valence-electron chi connectivity index (χ4n) is 2.07. The van der Waals surface area contributed by atoms with Gasteiger partial charge >= 0.3 is 5.97 Å². The lowest BCUT2D eigenvalue weighted by atomic mass is 10.1. The Kier molecular flexibility index (Phi) is 3.21. The largest absolute Gasteiger partial charge is 0.455 e. The highest BCUT2D eigenvalue weighted by atomic mass is 16.5. The molecule has 0 bridgehead atoms. The maximum atomic E-state index is 12.1. The van der Waals surface area contributed by atoms with E-state index in [1.165, 1.54) is 0 Å². The van der Waals surface area contributed by atoms with E-state index in [2.05, 4.69) is 4.98 Å². The molecule has 4 heteroatoms. The summed E-state index contributed by atoms with van der Waals surface area (Å²) in [5.74, 6) is -0.197. The van der Waals surface area contributed by atoms with Crippen molar-refractivity contribution < 1.29 is 13.9 Å². The molecule has 0 radical (unpaired) electrons. The van der Waals surface area contributed by atoms with E-state index in [0.29, 0.717) is 5.58 Å². The molecule has 1 aromatic carbocycles. The summed E-state index contributed by atoms with van der Waals surface area (Å²) in [4.78, 5) is 16.0. The predicted octanol–water partition coefficient (Wildman–Crippen LogP) is 3.49. The molecule has 0 N–H and O–H groups in total. The number of pyridine rings is 1. The molecule has 0 aliphatic carbocycles. The molecule has 0 atom stereocenters. The van der Waals surface area contributed by atoms with Gasteiger partial charge in [0, 0.05) is 28.9 Å². The number of rotatable bonds is 3. The molecule has 100 valence electrons. The Hall–Kier alpha value is -2.62. The summed E-state index contributed by atoms with van der Waals surface area (Å²) in [6.45, 7) is 2.04. The lowest BCUT2D eigenvalue weighted by Crippen LogP contribution is -2.05. The van der Waals surface area contributed by atoms with Crippen molar-refractivity contribution in [1.29, 1.82) is 0 Å². The highest BCUT2D eigenvalue weighted by molar-refractivity contribution is 5.95. The Balaban J connectivity index is 1.81. The Morgan fingerprint density at radius 1 is 1.25 bits per heavy atom. The van der Waals surface area contributed by atoms with Crippen LogP contribution in [0.3, 0.4) is 0 Å². The SMILES string of the molecule is Cc1c(C(=O)OCc2cccnc2)oc2ccccc12. The molecule has 2 aromatic heterocycles. The molecule has 0 fully saturated rings. The van der Waals surface area contributed by atoms with Gasteiger partial charge in [-0.2, -0.15) is 0 Å². The Labute approximate surface area is 116 Å². The smallest absolute Gasteiger partial charge is 0.374 e. The fourth-order valence-corrected chi connectivity index (χ4v) is 2.07. The van der Waals surface area contributed by atoms with Crippen LogP contribution in [-0.2, 0) is 11.3 Å². The summed E-state index contributed by atoms with van der Waals surface area (Å²) in [7, 11) is 0. The molecule has 0 saturated carbocycles. The zero-order chi connectivity index (χ0) is 13.9. The minimum absolute atomic E-state index is 0.184. The van der Waals surface area contributed by atoms with Crippen LogP contribution in [0.5, 0.6) is 0 Å². The second-order valence-electron chi connectivity index (χ2n) is 4.49. The number of esters is 1. The van der Waals surface area contributed by atoms with Crippen LogP contribution in [0.15, 0.2) is 53.2 Å². The van der Waals surface area contributed by atoms with Crippen LogP contribution in [0.4, 0.5) is 0 Å². The quantitative estimate of drug-likeness (QED) is 0.681. The first-order valence-electron chi connectivity index (χ1n) is 6.30. The van der Waals surface area contributed by atoms with Crippen molar-refractivity contribution in [3.8, 4) is 0 Å². The van der Waals surface area contributed by atoms with Gasteiger partial charge in [-0.1, -0.05) is 24.3 Å². The molecule has 3 rings (SSSR count). The summed E-state index contributed by atoms with van der Waals surface area (Å²) in [5.41, 5.74) is 2.34. The Morgan fingerprint density at radius 2 is 2.10 bits per heavy atom. The van der Waals surface area contributed by atoms with Gasteiger partial charge in [-0.25, -0.2) is 4.79 Å². The molecule has 0 saturated heterocycles. The van der Waals surface area contributed by atoms with Gasteiger partial charge in [-0.15, -0.1) is 0 Å². The number of carbonyl (C=O) groups excluding carboxylic acids is 1. The second-order valence-corrected chi connectivity index (χ2v) is 4.49. The first-order valence-corrected chi connectivity index (χ1v) is 6.30. The van der Waals surface area contributed by atoms with E-state index in [-0.39, 0.29) is 12.4 Å². The van der Waals surface area contributed by atoms with Crippen LogP contribution in [-0.4, -0.2) is 11.0 Å². The van der Waals surface area contributed by atoms with E-state index < -0.39 is 5.97 Å². The second kappa shape index (κ2) is 5.17. The monoisotopic (exact) mass is 267 g/mol. The van der Waals surface area contributed by atoms with E-state index in [4.69, 9.17) is 9.15 Å². The number of benzene rings is 1. The van der Waals surface area contributed by atoms with Crippen LogP contribution in [0.2, 0.25) is 0 Å². The van der Waals surface area contributed by atoms with Gasteiger partial charge in [0.05, 0.1) is 0 Å². The van der Waals surface area contributed by atoms with E-state index in [0.717, 1.165) is 16.5 Å². The van der Waals surface area contributed by atoms with Crippen LogP contribution in [0, 0.1) is 6.92 Å². The first-order chi connectivity index (χ1) is 9.75.